The Balaban J connectivity index is 1.95. The van der Waals surface area contributed by atoms with Crippen molar-refractivity contribution in [2.24, 2.45) is 11.8 Å². The summed E-state index contributed by atoms with van der Waals surface area (Å²) >= 11 is 0. The van der Waals surface area contributed by atoms with Crippen LogP contribution in [0.2, 0.25) is 0 Å². The molecule has 0 aromatic carbocycles. The Kier molecular flexibility index (Phi) is 8.18. The predicted molar refractivity (Wildman–Crippen MR) is 126 cm³/mol. The Morgan fingerprint density at radius 3 is 2.71 bits per heavy atom. The molecule has 0 bridgehead atoms. The highest BCUT2D eigenvalue weighted by molar-refractivity contribution is 5.97. The average molecular weight is 466 g/mol. The summed E-state index contributed by atoms with van der Waals surface area (Å²) < 4.78 is 6.22. The number of amides is 2. The van der Waals surface area contributed by atoms with E-state index in [0.717, 1.165) is 0 Å². The number of likely N-dealkylation sites (N-methyl/N-ethyl adjacent to an activating group) is 1. The largest absolute Gasteiger partial charge is 0.472 e. The quantitative estimate of drug-likeness (QED) is 0.672. The molecule has 9 heteroatoms. The molecule has 0 saturated heterocycles. The third kappa shape index (κ3) is 5.88. The molecule has 9 nitrogen and oxygen atoms in total. The molecule has 2 amide bonds. The minimum Gasteiger partial charge on any atom is -0.472 e. The van der Waals surface area contributed by atoms with E-state index in [-0.39, 0.29) is 53.9 Å². The van der Waals surface area contributed by atoms with Crippen LogP contribution in [0.3, 0.4) is 0 Å². The number of carbonyl (C=O) groups is 2. The Bertz CT molecular complexity index is 1080. The zero-order valence-corrected chi connectivity index (χ0v) is 20.2. The van der Waals surface area contributed by atoms with Crippen molar-refractivity contribution in [2.45, 2.75) is 39.8 Å². The highest BCUT2D eigenvalue weighted by Gasteiger charge is 2.34. The molecule has 3 rings (SSSR count). The molecule has 1 aliphatic heterocycles. The van der Waals surface area contributed by atoms with E-state index in [9.17, 15) is 14.7 Å². The molecule has 1 N–H and O–H groups in total. The smallest absolute Gasteiger partial charge is 0.273 e. The number of aliphatic hydroxyl groups excluding tert-OH is 1. The van der Waals surface area contributed by atoms with Gasteiger partial charge in [0.2, 0.25) is 5.88 Å². The third-order valence-corrected chi connectivity index (χ3v) is 5.61. The second kappa shape index (κ2) is 11.1. The van der Waals surface area contributed by atoms with Crippen molar-refractivity contribution in [3.8, 4) is 17.7 Å². The van der Waals surface area contributed by atoms with Crippen LogP contribution < -0.4 is 4.74 Å². The van der Waals surface area contributed by atoms with Crippen molar-refractivity contribution in [3.63, 3.8) is 0 Å². The molecule has 0 aliphatic carbocycles. The van der Waals surface area contributed by atoms with Gasteiger partial charge in [-0.2, -0.15) is 0 Å². The van der Waals surface area contributed by atoms with Gasteiger partial charge in [-0.3, -0.25) is 14.6 Å². The van der Waals surface area contributed by atoms with Gasteiger partial charge in [-0.15, -0.1) is 0 Å². The monoisotopic (exact) mass is 465 g/mol. The van der Waals surface area contributed by atoms with Gasteiger partial charge < -0.3 is 19.6 Å². The molecule has 0 unspecified atom stereocenters. The SMILES string of the molecule is CC(C)C#Cc1cnc2c(c1)C(=O)N([C@@H](C)CO)C[C@@H](C)[C@@H](CN(C)C(=O)c1cnccn1)O2. The van der Waals surface area contributed by atoms with Crippen LogP contribution in [0.15, 0.2) is 30.9 Å². The number of rotatable bonds is 5. The van der Waals surface area contributed by atoms with E-state index in [1.165, 1.54) is 23.5 Å². The topological polar surface area (TPSA) is 109 Å². The fourth-order valence-corrected chi connectivity index (χ4v) is 3.57. The lowest BCUT2D eigenvalue weighted by molar-refractivity contribution is 0.0312. The first-order valence-electron chi connectivity index (χ1n) is 11.3. The van der Waals surface area contributed by atoms with E-state index >= 15 is 0 Å². The van der Waals surface area contributed by atoms with Gasteiger partial charge in [0, 0.05) is 49.6 Å². The van der Waals surface area contributed by atoms with Crippen molar-refractivity contribution in [1.82, 2.24) is 24.8 Å². The van der Waals surface area contributed by atoms with E-state index < -0.39 is 12.1 Å². The average Bonchev–Trinajstić information content (AvgIpc) is 2.84. The number of hydrogen-bond donors (Lipinski definition) is 1. The highest BCUT2D eigenvalue weighted by atomic mass is 16.5. The second-order valence-corrected chi connectivity index (χ2v) is 8.90. The second-order valence-electron chi connectivity index (χ2n) is 8.90. The van der Waals surface area contributed by atoms with Gasteiger partial charge in [-0.05, 0) is 13.0 Å². The third-order valence-electron chi connectivity index (χ3n) is 5.61. The maximum atomic E-state index is 13.4. The molecule has 2 aromatic rings. The minimum atomic E-state index is -0.453. The number of carbonyl (C=O) groups excluding carboxylic acids is 2. The Labute approximate surface area is 200 Å². The summed E-state index contributed by atoms with van der Waals surface area (Å²) in [5, 5.41) is 9.78. The summed E-state index contributed by atoms with van der Waals surface area (Å²) in [5.74, 6) is 5.77. The Hall–Kier alpha value is -3.51. The van der Waals surface area contributed by atoms with Crippen LogP contribution in [-0.4, -0.2) is 80.6 Å². The fourth-order valence-electron chi connectivity index (χ4n) is 3.57. The molecule has 0 fully saturated rings. The van der Waals surface area contributed by atoms with Gasteiger partial charge in [-0.1, -0.05) is 32.6 Å². The molecule has 2 aromatic heterocycles. The van der Waals surface area contributed by atoms with Crippen LogP contribution in [0.25, 0.3) is 0 Å². The van der Waals surface area contributed by atoms with Crippen molar-refractivity contribution >= 4 is 11.8 Å². The summed E-state index contributed by atoms with van der Waals surface area (Å²) in [6, 6.07) is 1.28. The maximum Gasteiger partial charge on any atom is 0.273 e. The molecular weight excluding hydrogens is 434 g/mol. The van der Waals surface area contributed by atoms with Gasteiger partial charge in [0.15, 0.2) is 0 Å². The molecule has 180 valence electrons. The van der Waals surface area contributed by atoms with Crippen LogP contribution in [0, 0.1) is 23.7 Å². The number of hydrogen-bond acceptors (Lipinski definition) is 7. The molecule has 0 saturated carbocycles. The zero-order chi connectivity index (χ0) is 24.8. The van der Waals surface area contributed by atoms with Crippen LogP contribution in [0.5, 0.6) is 5.88 Å². The van der Waals surface area contributed by atoms with Gasteiger partial charge in [0.1, 0.15) is 17.4 Å². The molecule has 0 radical (unpaired) electrons. The summed E-state index contributed by atoms with van der Waals surface area (Å²) in [6.45, 7) is 8.13. The summed E-state index contributed by atoms with van der Waals surface area (Å²) in [7, 11) is 1.67. The number of nitrogens with zero attached hydrogens (tertiary/aromatic N) is 5. The van der Waals surface area contributed by atoms with Crippen molar-refractivity contribution in [3.05, 3.63) is 47.7 Å². The first-order chi connectivity index (χ1) is 16.2. The van der Waals surface area contributed by atoms with Crippen LogP contribution >= 0.6 is 0 Å². The lowest BCUT2D eigenvalue weighted by Gasteiger charge is -2.37. The van der Waals surface area contributed by atoms with Gasteiger partial charge >= 0.3 is 0 Å². The van der Waals surface area contributed by atoms with Gasteiger partial charge in [-0.25, -0.2) is 9.97 Å². The van der Waals surface area contributed by atoms with Crippen LogP contribution in [0.4, 0.5) is 0 Å². The number of pyridine rings is 1. The summed E-state index contributed by atoms with van der Waals surface area (Å²) in [5.41, 5.74) is 1.14. The van der Waals surface area contributed by atoms with Gasteiger partial charge in [0.05, 0.1) is 25.4 Å². The summed E-state index contributed by atoms with van der Waals surface area (Å²) in [4.78, 5) is 41.8. The number of aliphatic hydroxyl groups is 1. The fraction of sp³-hybridized carbons (Fsp3) is 0.480. The molecule has 0 spiro atoms. The Morgan fingerprint density at radius 2 is 2.06 bits per heavy atom. The highest BCUT2D eigenvalue weighted by Crippen LogP contribution is 2.27. The number of aromatic nitrogens is 3. The molecule has 1 aliphatic rings. The predicted octanol–water partition coefficient (Wildman–Crippen LogP) is 1.87. The Morgan fingerprint density at radius 1 is 1.29 bits per heavy atom. The summed E-state index contributed by atoms with van der Waals surface area (Å²) in [6.07, 6.45) is 5.52. The minimum absolute atomic E-state index is 0.148. The normalized spacial score (nSPS) is 18.7. The van der Waals surface area contributed by atoms with Crippen molar-refractivity contribution in [1.29, 1.82) is 0 Å². The van der Waals surface area contributed by atoms with E-state index in [1.54, 1.807) is 31.1 Å². The van der Waals surface area contributed by atoms with E-state index in [1.807, 2.05) is 20.8 Å². The lowest BCUT2D eigenvalue weighted by Crippen LogP contribution is -2.50. The molecule has 3 heterocycles. The van der Waals surface area contributed by atoms with E-state index in [4.69, 9.17) is 4.74 Å². The maximum absolute atomic E-state index is 13.4. The molecular formula is C25H31N5O4. The van der Waals surface area contributed by atoms with E-state index in [2.05, 4.69) is 26.8 Å². The standard InChI is InChI=1S/C25H31N5O4/c1-16(2)6-7-19-10-20-23(28-11-19)34-22(17(3)13-30(24(20)32)18(4)15-31)14-29(5)25(33)21-12-26-8-9-27-21/h8-12,16-18,22,31H,13-15H2,1-5H3/t17-,18+,22-/m1/s1. The first kappa shape index (κ1) is 25.1. The van der Waals surface area contributed by atoms with Crippen molar-refractivity contribution in [2.75, 3.05) is 26.7 Å². The molecule has 34 heavy (non-hydrogen) atoms. The van der Waals surface area contributed by atoms with Crippen LogP contribution in [-0.2, 0) is 0 Å². The lowest BCUT2D eigenvalue weighted by atomic mass is 9.99. The number of fused-ring (bicyclic) bond motifs is 1. The molecule has 3 atom stereocenters. The zero-order valence-electron chi connectivity index (χ0n) is 20.2. The van der Waals surface area contributed by atoms with Gasteiger partial charge in [0.25, 0.3) is 11.8 Å². The number of ether oxygens (including phenoxy) is 1. The first-order valence-corrected chi connectivity index (χ1v) is 11.3. The van der Waals surface area contributed by atoms with E-state index in [0.29, 0.717) is 12.1 Å². The van der Waals surface area contributed by atoms with Crippen LogP contribution in [0.1, 0.15) is 54.1 Å². The van der Waals surface area contributed by atoms with Crippen molar-refractivity contribution < 1.29 is 19.4 Å².